The third-order valence-electron chi connectivity index (χ3n) is 3.40. The van der Waals surface area contributed by atoms with Crippen molar-refractivity contribution < 1.29 is 40.6 Å². The third-order valence-corrected chi connectivity index (χ3v) is 3.40. The number of hydrogen-bond acceptors (Lipinski definition) is 4. The van der Waals surface area contributed by atoms with Crippen molar-refractivity contribution in [1.82, 2.24) is 4.90 Å². The summed E-state index contributed by atoms with van der Waals surface area (Å²) < 4.78 is 167. The molecule has 2 aliphatic heterocycles. The van der Waals surface area contributed by atoms with Gasteiger partial charge in [-0.3, -0.25) is 4.90 Å². The molecule has 128 valence electrons. The number of ether oxygens (including phenoxy) is 2. The number of methoxy groups -OCH3 is 2. The summed E-state index contributed by atoms with van der Waals surface area (Å²) in [5.41, 5.74) is -1.95. The van der Waals surface area contributed by atoms with Crippen LogP contribution >= 0.6 is 0 Å². The van der Waals surface area contributed by atoms with Gasteiger partial charge in [-0.1, -0.05) is 13.8 Å². The van der Waals surface area contributed by atoms with Gasteiger partial charge in [0, 0.05) is 36.9 Å². The summed E-state index contributed by atoms with van der Waals surface area (Å²) in [6, 6.07) is -4.62. The Labute approximate surface area is 166 Å². The zero-order valence-electron chi connectivity index (χ0n) is 31.5. The highest BCUT2D eigenvalue weighted by Gasteiger charge is 2.38. The molecule has 23 heavy (non-hydrogen) atoms. The fourth-order valence-electron chi connectivity index (χ4n) is 2.41. The van der Waals surface area contributed by atoms with E-state index in [0.29, 0.717) is 6.92 Å². The molecule has 1 fully saturated rings. The largest absolute Gasteiger partial charge is 0.493 e. The van der Waals surface area contributed by atoms with Crippen LogP contribution in [0.2, 0.25) is 0 Å². The lowest BCUT2D eigenvalue weighted by Gasteiger charge is -2.46. The molecule has 4 nitrogen and oxygen atoms in total. The van der Waals surface area contributed by atoms with Gasteiger partial charge in [-0.05, 0) is 54.1 Å². The summed E-state index contributed by atoms with van der Waals surface area (Å²) in [5, 5.41) is 11.4. The van der Waals surface area contributed by atoms with Crippen molar-refractivity contribution in [3.8, 4) is 11.5 Å². The molecule has 1 aromatic rings. The predicted molar refractivity (Wildman–Crippen MR) is 91.1 cm³/mol. The number of benzene rings is 1. The summed E-state index contributed by atoms with van der Waals surface area (Å²) in [4.78, 5) is 0.196. The molecule has 1 N–H and O–H groups in total. The quantitative estimate of drug-likeness (QED) is 0.916. The molecule has 2 aliphatic rings. The number of hydrogen-bond donors (Lipinski definition) is 1. The molecule has 4 heteroatoms. The van der Waals surface area contributed by atoms with E-state index in [-0.39, 0.29) is 4.90 Å². The zero-order valence-corrected chi connectivity index (χ0v) is 12.5. The molecule has 0 spiro atoms. The molecule has 0 radical (unpaired) electrons. The molecule has 1 saturated heterocycles. The van der Waals surface area contributed by atoms with Crippen molar-refractivity contribution in [1.29, 1.82) is 0 Å². The summed E-state index contributed by atoms with van der Waals surface area (Å²) >= 11 is 0. The van der Waals surface area contributed by atoms with E-state index >= 15 is 0 Å². The molecule has 1 aromatic carbocycles. The number of aliphatic hydroxyl groups is 1. The standard InChI is InChI=1S/C19H29NO3/c1-12(2)7-14-11-20-6-5-13-8-18(22-3)19(23-4)9-15(13)16(20)10-17(14)21/h8-9,12,14,16-17,21H,5-7,10-11H2,1-4H3/i1D3,4D3,5D2,6D2,7D2,8D,9D,10D2,12D,14D,17D. The summed E-state index contributed by atoms with van der Waals surface area (Å²) in [7, 11) is -2.36. The van der Waals surface area contributed by atoms with Crippen LogP contribution < -0.4 is 9.47 Å². The normalized spacial score (nSPS) is 56.8. The summed E-state index contributed by atoms with van der Waals surface area (Å²) in [6.45, 7) is -8.07. The highest BCUT2D eigenvalue weighted by molar-refractivity contribution is 5.49. The van der Waals surface area contributed by atoms with Crippen LogP contribution in [0.4, 0.5) is 0 Å². The molecular weight excluding hydrogens is 290 g/mol. The van der Waals surface area contributed by atoms with Crippen LogP contribution in [0.25, 0.3) is 0 Å². The minimum Gasteiger partial charge on any atom is -0.493 e. The maximum atomic E-state index is 11.4. The highest BCUT2D eigenvalue weighted by Crippen LogP contribution is 2.43. The van der Waals surface area contributed by atoms with Crippen molar-refractivity contribution in [3.63, 3.8) is 0 Å². The molecule has 4 atom stereocenters. The van der Waals surface area contributed by atoms with Gasteiger partial charge in [0.2, 0.25) is 0 Å². The average Bonchev–Trinajstić information content (AvgIpc) is 2.77. The maximum Gasteiger partial charge on any atom is 0.161 e. The molecule has 0 aromatic heterocycles. The Morgan fingerprint density at radius 1 is 1.61 bits per heavy atom. The molecule has 0 aliphatic carbocycles. The van der Waals surface area contributed by atoms with Gasteiger partial charge in [0.05, 0.1) is 28.5 Å². The van der Waals surface area contributed by atoms with Gasteiger partial charge >= 0.3 is 0 Å². The maximum absolute atomic E-state index is 11.4. The number of piperidine rings is 1. The first kappa shape index (κ1) is 5.12. The Kier molecular flexibility index (Phi) is 1.49. The van der Waals surface area contributed by atoms with Crippen LogP contribution in [0.3, 0.4) is 0 Å². The molecular formula is C19H29NO3. The lowest BCUT2D eigenvalue weighted by Crippen LogP contribution is -2.48. The van der Waals surface area contributed by atoms with Gasteiger partial charge in [-0.2, -0.15) is 0 Å². The topological polar surface area (TPSA) is 41.9 Å². The van der Waals surface area contributed by atoms with E-state index in [1.165, 1.54) is 0 Å². The minimum absolute atomic E-state index is 0.196. The smallest absolute Gasteiger partial charge is 0.161 e. The molecule has 0 saturated carbocycles. The first-order valence-electron chi connectivity index (χ1n) is 16.2. The van der Waals surface area contributed by atoms with Crippen molar-refractivity contribution in [2.45, 2.75) is 45.0 Å². The first-order chi connectivity index (χ1) is 18.3. The van der Waals surface area contributed by atoms with E-state index in [1.54, 1.807) is 0 Å². The Morgan fingerprint density at radius 3 is 3.17 bits per heavy atom. The minimum atomic E-state index is -4.03. The molecule has 4 unspecified atom stereocenters. The third kappa shape index (κ3) is 3.20. The summed E-state index contributed by atoms with van der Waals surface area (Å²) in [5.74, 6) is -8.82. The van der Waals surface area contributed by atoms with Gasteiger partial charge in [0.1, 0.15) is 0 Å². The van der Waals surface area contributed by atoms with Crippen LogP contribution in [0.5, 0.6) is 11.5 Å². The van der Waals surface area contributed by atoms with E-state index in [2.05, 4.69) is 0 Å². The van der Waals surface area contributed by atoms with Crippen LogP contribution in [0.1, 0.15) is 69.7 Å². The fraction of sp³-hybridized carbons (Fsp3) is 0.684. The van der Waals surface area contributed by atoms with E-state index in [1.807, 2.05) is 0 Å². The van der Waals surface area contributed by atoms with Crippen LogP contribution in [0, 0.1) is 11.8 Å². The first-order valence-corrected chi connectivity index (χ1v) is 6.72. The molecule has 3 rings (SSSR count). The van der Waals surface area contributed by atoms with Gasteiger partial charge in [-0.25, -0.2) is 0 Å². The lowest BCUT2D eigenvalue weighted by molar-refractivity contribution is -0.0191. The predicted octanol–water partition coefficient (Wildman–Crippen LogP) is 3.03. The monoisotopic (exact) mass is 338 g/mol. The average molecular weight is 339 g/mol. The lowest BCUT2D eigenvalue weighted by atomic mass is 9.79. The van der Waals surface area contributed by atoms with E-state index in [9.17, 15) is 5.11 Å². The molecule has 0 amide bonds. The van der Waals surface area contributed by atoms with Crippen molar-refractivity contribution >= 4 is 0 Å². The Hall–Kier alpha value is -1.26. The number of rotatable bonds is 4. The number of nitrogens with zero attached hydrogens (tertiary/aromatic N) is 1. The number of fused-ring (bicyclic) bond motifs is 3. The molecule has 2 heterocycles. The Balaban J connectivity index is 2.52. The zero-order chi connectivity index (χ0) is 33.2. The van der Waals surface area contributed by atoms with E-state index < -0.39 is 105 Å². The van der Waals surface area contributed by atoms with Gasteiger partial charge in [0.15, 0.2) is 11.5 Å². The van der Waals surface area contributed by atoms with Crippen LogP contribution in [-0.2, 0) is 6.37 Å². The van der Waals surface area contributed by atoms with Crippen LogP contribution in [-0.4, -0.2) is 43.3 Å². The van der Waals surface area contributed by atoms with Crippen molar-refractivity contribution in [2.75, 3.05) is 27.2 Å². The van der Waals surface area contributed by atoms with E-state index in [4.69, 9.17) is 35.5 Å². The molecule has 0 bridgehead atoms. The van der Waals surface area contributed by atoms with E-state index in [0.717, 1.165) is 7.11 Å². The second-order valence-electron chi connectivity index (χ2n) is 4.99. The SMILES string of the molecule is [2H]c1c(OC([2H])([2H])[2H])c(OC)c([2H])c2c1C1N(CC([2H])(C([2H])([2H])C([2H])(C)C([2H])([2H])[2H])C([2H])(O)C1([2H])[2H])C([2H])([2H])C2([2H])[2H]. The second-order valence-corrected chi connectivity index (χ2v) is 4.99. The fourth-order valence-corrected chi connectivity index (χ4v) is 2.41. The van der Waals surface area contributed by atoms with Gasteiger partial charge in [0.25, 0.3) is 0 Å². The second kappa shape index (κ2) is 6.70. The summed E-state index contributed by atoms with van der Waals surface area (Å²) in [6.07, 6.45) is -15.0. The Morgan fingerprint density at radius 2 is 2.43 bits per heavy atom. The van der Waals surface area contributed by atoms with Crippen molar-refractivity contribution in [2.24, 2.45) is 11.8 Å². The van der Waals surface area contributed by atoms with Crippen LogP contribution in [0.15, 0.2) is 12.1 Å². The van der Waals surface area contributed by atoms with Crippen molar-refractivity contribution in [3.05, 3.63) is 23.2 Å². The Bertz CT molecular complexity index is 1270. The van der Waals surface area contributed by atoms with Gasteiger partial charge < -0.3 is 14.6 Å². The highest BCUT2D eigenvalue weighted by atomic mass is 16.5. The van der Waals surface area contributed by atoms with Gasteiger partial charge in [-0.15, -0.1) is 0 Å².